The highest BCUT2D eigenvalue weighted by atomic mass is 32.2. The van der Waals surface area contributed by atoms with E-state index in [9.17, 15) is 4.21 Å². The monoisotopic (exact) mass is 283 g/mol. The minimum Gasteiger partial charge on any atom is -0.364 e. The molecule has 2 aromatic rings. The van der Waals surface area contributed by atoms with E-state index in [1.807, 2.05) is 24.3 Å². The Morgan fingerprint density at radius 1 is 0.900 bits per heavy atom. The lowest BCUT2D eigenvalue weighted by molar-refractivity contribution is 0.0683. The Labute approximate surface area is 119 Å². The molecule has 1 N–H and O–H groups in total. The number of fused-ring (bicyclic) bond motifs is 10. The zero-order valence-electron chi connectivity index (χ0n) is 10.7. The van der Waals surface area contributed by atoms with Crippen LogP contribution in [-0.4, -0.2) is 9.46 Å². The van der Waals surface area contributed by atoms with E-state index in [2.05, 4.69) is 29.0 Å². The predicted octanol–water partition coefficient (Wildman–Crippen LogP) is 3.05. The number of ether oxygens (including phenoxy) is 1. The van der Waals surface area contributed by atoms with Crippen molar-refractivity contribution in [3.63, 3.8) is 0 Å². The maximum absolute atomic E-state index is 12.6. The van der Waals surface area contributed by atoms with E-state index in [1.165, 1.54) is 16.7 Å². The molecule has 5 atom stereocenters. The largest absolute Gasteiger partial charge is 0.364 e. The molecular weight excluding hydrogens is 270 g/mol. The predicted molar refractivity (Wildman–Crippen MR) is 77.7 cm³/mol. The minimum absolute atomic E-state index is 0.0183. The second kappa shape index (κ2) is 3.71. The van der Waals surface area contributed by atoms with E-state index in [4.69, 9.17) is 4.74 Å². The molecule has 3 heterocycles. The summed E-state index contributed by atoms with van der Waals surface area (Å²) in [5.74, 6) is 0.202. The first-order valence-electron chi connectivity index (χ1n) is 6.85. The van der Waals surface area contributed by atoms with E-state index in [0.29, 0.717) is 0 Å². The van der Waals surface area contributed by atoms with Gasteiger partial charge in [0.15, 0.2) is 0 Å². The lowest BCUT2D eigenvalue weighted by Gasteiger charge is -2.34. The third kappa shape index (κ3) is 1.21. The lowest BCUT2D eigenvalue weighted by atomic mass is 9.79. The Morgan fingerprint density at radius 2 is 1.55 bits per heavy atom. The maximum Gasteiger partial charge on any atom is 0.124 e. The Morgan fingerprint density at radius 3 is 2.35 bits per heavy atom. The summed E-state index contributed by atoms with van der Waals surface area (Å²) in [6.45, 7) is 0. The van der Waals surface area contributed by atoms with Crippen molar-refractivity contribution in [1.29, 1.82) is 0 Å². The van der Waals surface area contributed by atoms with Crippen LogP contribution in [0.1, 0.15) is 34.8 Å². The summed E-state index contributed by atoms with van der Waals surface area (Å²) in [5.41, 5.74) is 4.71. The highest BCUT2D eigenvalue weighted by molar-refractivity contribution is 7.87. The Bertz CT molecular complexity index is 745. The van der Waals surface area contributed by atoms with Crippen molar-refractivity contribution in [2.75, 3.05) is 4.72 Å². The molecule has 5 rings (SSSR count). The summed E-state index contributed by atoms with van der Waals surface area (Å²) >= 11 is 0. The summed E-state index contributed by atoms with van der Waals surface area (Å²) in [4.78, 5) is 0. The number of hydrogen-bond acceptors (Lipinski definition) is 2. The molecule has 1 fully saturated rings. The summed E-state index contributed by atoms with van der Waals surface area (Å²) in [6, 6.07) is 16.5. The van der Waals surface area contributed by atoms with Gasteiger partial charge < -0.3 is 9.46 Å². The molecule has 3 aliphatic rings. The van der Waals surface area contributed by atoms with E-state index < -0.39 is 11.0 Å². The van der Waals surface area contributed by atoms with Crippen molar-refractivity contribution >= 4 is 16.7 Å². The number of rotatable bonds is 0. The first-order chi connectivity index (χ1) is 9.84. The molecule has 20 heavy (non-hydrogen) atoms. The molecule has 3 aliphatic heterocycles. The van der Waals surface area contributed by atoms with E-state index in [0.717, 1.165) is 5.69 Å². The average molecular weight is 283 g/mol. The normalized spacial score (nSPS) is 35.9. The van der Waals surface area contributed by atoms with E-state index in [1.54, 1.807) is 0 Å². The van der Waals surface area contributed by atoms with Gasteiger partial charge >= 0.3 is 0 Å². The van der Waals surface area contributed by atoms with Crippen molar-refractivity contribution in [2.45, 2.75) is 23.4 Å². The van der Waals surface area contributed by atoms with Gasteiger partial charge in [0.05, 0.1) is 11.4 Å². The summed E-state index contributed by atoms with van der Waals surface area (Å²) in [7, 11) is -1.09. The lowest BCUT2D eigenvalue weighted by Crippen LogP contribution is -2.36. The third-order valence-corrected chi connectivity index (χ3v) is 6.11. The number of hydrogen-bond donors (Lipinski definition) is 1. The van der Waals surface area contributed by atoms with Gasteiger partial charge in [-0.25, -0.2) is 4.21 Å². The molecule has 1 saturated heterocycles. The van der Waals surface area contributed by atoms with Crippen LogP contribution in [0.4, 0.5) is 5.69 Å². The molecule has 0 radical (unpaired) electrons. The standard InChI is InChI=1S/C16H13NO2S/c18-20-16-13(11-7-3-4-8-12(11)17-20)14-9-5-1-2-6-10(9)15(16)19-14/h1-8,13-17H/t13-,14-,15+,16-,20?/m1/s1. The summed E-state index contributed by atoms with van der Waals surface area (Å²) < 4.78 is 21.9. The highest BCUT2D eigenvalue weighted by Gasteiger charge is 2.57. The van der Waals surface area contributed by atoms with Crippen LogP contribution < -0.4 is 4.72 Å². The van der Waals surface area contributed by atoms with Crippen LogP contribution in [0, 0.1) is 0 Å². The van der Waals surface area contributed by atoms with Crippen LogP contribution in [0.5, 0.6) is 0 Å². The Kier molecular flexibility index (Phi) is 2.05. The molecule has 0 amide bonds. The second-order valence-corrected chi connectivity index (χ2v) is 6.93. The topological polar surface area (TPSA) is 38.3 Å². The SMILES string of the molecule is O=S1Nc2ccccc2[C@H]2[C@@H]1[C@H]1O[C@@H]2c2ccccc21. The zero-order valence-corrected chi connectivity index (χ0v) is 11.5. The molecule has 0 aliphatic carbocycles. The first-order valence-corrected chi connectivity index (χ1v) is 8.06. The molecule has 1 unspecified atom stereocenters. The molecule has 0 aromatic heterocycles. The molecule has 2 bridgehead atoms. The molecule has 4 heteroatoms. The fourth-order valence-electron chi connectivity index (χ4n) is 3.87. The number of benzene rings is 2. The van der Waals surface area contributed by atoms with Gasteiger partial charge in [0.25, 0.3) is 0 Å². The maximum atomic E-state index is 12.6. The van der Waals surface area contributed by atoms with Crippen molar-refractivity contribution in [3.05, 3.63) is 65.2 Å². The number of anilines is 1. The molecule has 100 valence electrons. The molecule has 0 spiro atoms. The number of nitrogens with one attached hydrogen (secondary N) is 1. The van der Waals surface area contributed by atoms with Crippen molar-refractivity contribution in [2.24, 2.45) is 0 Å². The van der Waals surface area contributed by atoms with Crippen molar-refractivity contribution < 1.29 is 8.95 Å². The van der Waals surface area contributed by atoms with Gasteiger partial charge in [0, 0.05) is 11.6 Å². The molecule has 2 aromatic carbocycles. The quantitative estimate of drug-likeness (QED) is 0.807. The molecule has 3 nitrogen and oxygen atoms in total. The fourth-order valence-corrected chi connectivity index (χ4v) is 5.40. The van der Waals surface area contributed by atoms with Crippen LogP contribution in [-0.2, 0) is 15.7 Å². The van der Waals surface area contributed by atoms with Crippen LogP contribution in [0.3, 0.4) is 0 Å². The second-order valence-electron chi connectivity index (χ2n) is 5.58. The fraction of sp³-hybridized carbons (Fsp3) is 0.250. The van der Waals surface area contributed by atoms with Crippen molar-refractivity contribution in [3.8, 4) is 0 Å². The first kappa shape index (κ1) is 11.1. The highest BCUT2D eigenvalue weighted by Crippen LogP contribution is 2.61. The van der Waals surface area contributed by atoms with Crippen LogP contribution >= 0.6 is 0 Å². The summed E-state index contributed by atoms with van der Waals surface area (Å²) in [6.07, 6.45) is 0.0105. The van der Waals surface area contributed by atoms with Crippen molar-refractivity contribution in [1.82, 2.24) is 0 Å². The van der Waals surface area contributed by atoms with Gasteiger partial charge in [-0.05, 0) is 22.8 Å². The van der Waals surface area contributed by atoms with Crippen LogP contribution in [0.25, 0.3) is 0 Å². The third-order valence-electron chi connectivity index (χ3n) is 4.66. The van der Waals surface area contributed by atoms with Gasteiger partial charge in [-0.15, -0.1) is 0 Å². The molecular formula is C16H13NO2S. The van der Waals surface area contributed by atoms with E-state index >= 15 is 0 Å². The van der Waals surface area contributed by atoms with Crippen LogP contribution in [0.2, 0.25) is 0 Å². The summed E-state index contributed by atoms with van der Waals surface area (Å²) in [5, 5.41) is 0.0183. The Balaban J connectivity index is 1.75. The van der Waals surface area contributed by atoms with Gasteiger partial charge in [-0.2, -0.15) is 0 Å². The van der Waals surface area contributed by atoms with Gasteiger partial charge in [0.2, 0.25) is 0 Å². The average Bonchev–Trinajstić information content (AvgIpc) is 3.05. The zero-order chi connectivity index (χ0) is 13.3. The number of para-hydroxylation sites is 1. The minimum atomic E-state index is -1.09. The Hall–Kier alpha value is -1.65. The molecule has 0 saturated carbocycles. The van der Waals surface area contributed by atoms with Crippen LogP contribution in [0.15, 0.2) is 48.5 Å². The van der Waals surface area contributed by atoms with Gasteiger partial charge in [-0.3, -0.25) is 0 Å². The smallest absolute Gasteiger partial charge is 0.124 e. The van der Waals surface area contributed by atoms with Gasteiger partial charge in [0.1, 0.15) is 17.1 Å². The van der Waals surface area contributed by atoms with Gasteiger partial charge in [-0.1, -0.05) is 42.5 Å². The van der Waals surface area contributed by atoms with E-state index in [-0.39, 0.29) is 23.4 Å².